The Balaban J connectivity index is 2.29. The first-order valence-corrected chi connectivity index (χ1v) is 7.20. The van der Waals surface area contributed by atoms with Gasteiger partial charge in [-0.05, 0) is 47.0 Å². The summed E-state index contributed by atoms with van der Waals surface area (Å²) >= 11 is 3.48. The van der Waals surface area contributed by atoms with Crippen LogP contribution in [0.15, 0.2) is 28.7 Å². The number of rotatable bonds is 5. The van der Waals surface area contributed by atoms with Gasteiger partial charge in [-0.25, -0.2) is 10.8 Å². The van der Waals surface area contributed by atoms with Crippen LogP contribution in [0.3, 0.4) is 0 Å². The number of halogens is 1. The van der Waals surface area contributed by atoms with Crippen LogP contribution < -0.4 is 16.0 Å². The Hall–Kier alpha value is -1.66. The van der Waals surface area contributed by atoms with E-state index in [2.05, 4.69) is 38.2 Å². The zero-order valence-corrected chi connectivity index (χ0v) is 13.1. The van der Waals surface area contributed by atoms with Gasteiger partial charge in [0.1, 0.15) is 17.4 Å². The summed E-state index contributed by atoms with van der Waals surface area (Å²) in [5, 5.41) is 0. The van der Waals surface area contributed by atoms with Gasteiger partial charge in [0.15, 0.2) is 0 Å². The van der Waals surface area contributed by atoms with E-state index in [9.17, 15) is 0 Å². The maximum atomic E-state index is 5.80. The van der Waals surface area contributed by atoms with Gasteiger partial charge in [0, 0.05) is 12.5 Å². The van der Waals surface area contributed by atoms with Crippen LogP contribution in [0.5, 0.6) is 11.6 Å². The highest BCUT2D eigenvalue weighted by atomic mass is 79.9. The summed E-state index contributed by atoms with van der Waals surface area (Å²) in [7, 11) is 0. The lowest BCUT2D eigenvalue weighted by molar-refractivity contribution is 0.456. The van der Waals surface area contributed by atoms with Crippen LogP contribution in [0, 0.1) is 6.92 Å². The Bertz CT molecular complexity index is 604. The van der Waals surface area contributed by atoms with Crippen molar-refractivity contribution in [1.29, 1.82) is 0 Å². The zero-order valence-electron chi connectivity index (χ0n) is 11.5. The van der Waals surface area contributed by atoms with E-state index >= 15 is 0 Å². The van der Waals surface area contributed by atoms with Crippen molar-refractivity contribution in [2.24, 2.45) is 5.84 Å². The summed E-state index contributed by atoms with van der Waals surface area (Å²) in [4.78, 5) is 8.66. The van der Waals surface area contributed by atoms with Crippen molar-refractivity contribution in [2.75, 3.05) is 5.43 Å². The van der Waals surface area contributed by atoms with Crippen molar-refractivity contribution in [3.8, 4) is 11.6 Å². The topological polar surface area (TPSA) is 73.1 Å². The Kier molecular flexibility index (Phi) is 4.92. The molecule has 0 aliphatic carbocycles. The van der Waals surface area contributed by atoms with E-state index in [0.29, 0.717) is 23.3 Å². The van der Waals surface area contributed by atoms with Gasteiger partial charge in [0.2, 0.25) is 5.88 Å². The molecule has 0 atom stereocenters. The van der Waals surface area contributed by atoms with Gasteiger partial charge in [0.25, 0.3) is 0 Å². The molecule has 1 aromatic heterocycles. The monoisotopic (exact) mass is 336 g/mol. The summed E-state index contributed by atoms with van der Waals surface area (Å²) in [6, 6.07) is 7.55. The molecule has 0 saturated heterocycles. The largest absolute Gasteiger partial charge is 0.438 e. The molecule has 0 saturated carbocycles. The minimum absolute atomic E-state index is 0.473. The normalized spacial score (nSPS) is 10.4. The molecule has 0 amide bonds. The minimum atomic E-state index is 0.473. The lowest BCUT2D eigenvalue weighted by Gasteiger charge is -2.10. The SMILES string of the molecule is CCCc1nc(NN)cc(Oc2ccc(C)cc2Br)n1. The van der Waals surface area contributed by atoms with Crippen LogP contribution >= 0.6 is 15.9 Å². The minimum Gasteiger partial charge on any atom is -0.438 e. The van der Waals surface area contributed by atoms with E-state index < -0.39 is 0 Å². The molecule has 5 nitrogen and oxygen atoms in total. The number of hydrogen-bond acceptors (Lipinski definition) is 5. The highest BCUT2D eigenvalue weighted by Gasteiger charge is 2.08. The molecule has 0 bridgehead atoms. The predicted octanol–water partition coefficient (Wildman–Crippen LogP) is 3.58. The maximum absolute atomic E-state index is 5.80. The Morgan fingerprint density at radius 3 is 2.75 bits per heavy atom. The molecule has 2 rings (SSSR count). The van der Waals surface area contributed by atoms with E-state index in [4.69, 9.17) is 10.6 Å². The smallest absolute Gasteiger partial charge is 0.224 e. The molecular formula is C14H17BrN4O. The van der Waals surface area contributed by atoms with Gasteiger partial charge in [0.05, 0.1) is 4.47 Å². The molecule has 0 aliphatic rings. The highest BCUT2D eigenvalue weighted by Crippen LogP contribution is 2.30. The van der Waals surface area contributed by atoms with Crippen LogP contribution in [0.1, 0.15) is 24.7 Å². The fourth-order valence-corrected chi connectivity index (χ4v) is 2.31. The van der Waals surface area contributed by atoms with Crippen molar-refractivity contribution in [1.82, 2.24) is 9.97 Å². The zero-order chi connectivity index (χ0) is 14.5. The van der Waals surface area contributed by atoms with Gasteiger partial charge in [-0.1, -0.05) is 13.0 Å². The van der Waals surface area contributed by atoms with E-state index in [1.807, 2.05) is 25.1 Å². The first-order valence-electron chi connectivity index (χ1n) is 6.41. The highest BCUT2D eigenvalue weighted by molar-refractivity contribution is 9.10. The second kappa shape index (κ2) is 6.67. The summed E-state index contributed by atoms with van der Waals surface area (Å²) in [5.74, 6) is 7.86. The number of nitrogens with one attached hydrogen (secondary N) is 1. The van der Waals surface area contributed by atoms with Gasteiger partial charge < -0.3 is 10.2 Å². The van der Waals surface area contributed by atoms with E-state index in [1.54, 1.807) is 6.07 Å². The Morgan fingerprint density at radius 1 is 1.30 bits per heavy atom. The van der Waals surface area contributed by atoms with Crippen LogP contribution in [0.2, 0.25) is 0 Å². The molecule has 1 aromatic carbocycles. The molecule has 1 heterocycles. The third-order valence-corrected chi connectivity index (χ3v) is 3.29. The van der Waals surface area contributed by atoms with E-state index in [-0.39, 0.29) is 0 Å². The number of aryl methyl sites for hydroxylation is 2. The van der Waals surface area contributed by atoms with Gasteiger partial charge in [-0.3, -0.25) is 0 Å². The van der Waals surface area contributed by atoms with Crippen molar-refractivity contribution in [3.63, 3.8) is 0 Å². The fraction of sp³-hybridized carbons (Fsp3) is 0.286. The maximum Gasteiger partial charge on any atom is 0.224 e. The van der Waals surface area contributed by atoms with Crippen LogP contribution in [-0.4, -0.2) is 9.97 Å². The van der Waals surface area contributed by atoms with Gasteiger partial charge >= 0.3 is 0 Å². The molecule has 106 valence electrons. The number of nitrogens with zero attached hydrogens (tertiary/aromatic N) is 2. The molecule has 3 N–H and O–H groups in total. The molecule has 0 unspecified atom stereocenters. The average Bonchev–Trinajstić information content (AvgIpc) is 2.42. The molecule has 0 fully saturated rings. The third kappa shape index (κ3) is 3.68. The molecule has 20 heavy (non-hydrogen) atoms. The van der Waals surface area contributed by atoms with E-state index in [0.717, 1.165) is 22.9 Å². The fourth-order valence-electron chi connectivity index (χ4n) is 1.74. The summed E-state index contributed by atoms with van der Waals surface area (Å²) < 4.78 is 6.68. The molecule has 0 aliphatic heterocycles. The number of anilines is 1. The first-order chi connectivity index (χ1) is 9.62. The quantitative estimate of drug-likeness (QED) is 0.644. The number of aromatic nitrogens is 2. The lowest BCUT2D eigenvalue weighted by Crippen LogP contribution is -2.10. The van der Waals surface area contributed by atoms with Gasteiger partial charge in [-0.15, -0.1) is 0 Å². The van der Waals surface area contributed by atoms with Crippen LogP contribution in [0.25, 0.3) is 0 Å². The van der Waals surface area contributed by atoms with Crippen molar-refractivity contribution < 1.29 is 4.74 Å². The van der Waals surface area contributed by atoms with Crippen molar-refractivity contribution in [3.05, 3.63) is 40.1 Å². The number of nitrogen functional groups attached to an aromatic ring is 1. The number of ether oxygens (including phenoxy) is 1. The molecule has 0 spiro atoms. The molecule has 6 heteroatoms. The molecular weight excluding hydrogens is 320 g/mol. The van der Waals surface area contributed by atoms with Gasteiger partial charge in [-0.2, -0.15) is 4.98 Å². The van der Waals surface area contributed by atoms with Crippen LogP contribution in [0.4, 0.5) is 5.82 Å². The lowest BCUT2D eigenvalue weighted by atomic mass is 10.2. The van der Waals surface area contributed by atoms with E-state index in [1.165, 1.54) is 0 Å². The summed E-state index contributed by atoms with van der Waals surface area (Å²) in [5.41, 5.74) is 3.69. The number of hydrogen-bond donors (Lipinski definition) is 2. The molecule has 0 radical (unpaired) electrons. The number of hydrazine groups is 1. The predicted molar refractivity (Wildman–Crippen MR) is 82.8 cm³/mol. The average molecular weight is 337 g/mol. The number of benzene rings is 1. The Labute approximate surface area is 126 Å². The second-order valence-electron chi connectivity index (χ2n) is 4.44. The van der Waals surface area contributed by atoms with Crippen LogP contribution in [-0.2, 0) is 6.42 Å². The Morgan fingerprint density at radius 2 is 2.10 bits per heavy atom. The van der Waals surface area contributed by atoms with Crippen molar-refractivity contribution in [2.45, 2.75) is 26.7 Å². The molecule has 2 aromatic rings. The summed E-state index contributed by atoms with van der Waals surface area (Å²) in [6.45, 7) is 4.10. The summed E-state index contributed by atoms with van der Waals surface area (Å²) in [6.07, 6.45) is 1.74. The standard InChI is InChI=1S/C14H17BrN4O/c1-3-4-12-17-13(19-16)8-14(18-12)20-11-6-5-9(2)7-10(11)15/h5-8H,3-4,16H2,1-2H3,(H,17,18,19). The number of nitrogens with two attached hydrogens (primary N) is 1. The van der Waals surface area contributed by atoms with Crippen molar-refractivity contribution >= 4 is 21.7 Å². The first kappa shape index (κ1) is 14.7. The third-order valence-electron chi connectivity index (χ3n) is 2.67. The second-order valence-corrected chi connectivity index (χ2v) is 5.29.